The Morgan fingerprint density at radius 3 is 2.43 bits per heavy atom. The van der Waals surface area contributed by atoms with Crippen LogP contribution in [0.5, 0.6) is 5.75 Å². The summed E-state index contributed by atoms with van der Waals surface area (Å²) >= 11 is 0. The Bertz CT molecular complexity index is 798. The Labute approximate surface area is 172 Å². The molecule has 1 heterocycles. The number of piperazine rings is 1. The fourth-order valence-corrected chi connectivity index (χ4v) is 3.37. The van der Waals surface area contributed by atoms with Crippen LogP contribution in [-0.2, 0) is 16.1 Å². The van der Waals surface area contributed by atoms with Gasteiger partial charge >= 0.3 is 0 Å². The van der Waals surface area contributed by atoms with Gasteiger partial charge in [-0.25, -0.2) is 0 Å². The minimum absolute atomic E-state index is 0. The molecular formula is C21H26ClN3O3. The van der Waals surface area contributed by atoms with E-state index in [1.54, 1.807) is 36.3 Å². The molecule has 6 nitrogen and oxygen atoms in total. The number of hydrogen-bond acceptors (Lipinski definition) is 3. The number of quaternary nitrogens is 1. The van der Waals surface area contributed by atoms with Crippen molar-refractivity contribution >= 4 is 17.5 Å². The lowest BCUT2D eigenvalue weighted by molar-refractivity contribution is -0.917. The number of nitrogens with zero attached hydrogens (tertiary/aromatic N) is 2. The minimum atomic E-state index is -0.187. The second-order valence-electron chi connectivity index (χ2n) is 7.24. The number of halogens is 1. The number of benzene rings is 2. The van der Waals surface area contributed by atoms with Crippen LogP contribution in [0.25, 0.3) is 0 Å². The summed E-state index contributed by atoms with van der Waals surface area (Å²) < 4.78 is 5.77. The van der Waals surface area contributed by atoms with Gasteiger partial charge in [-0.1, -0.05) is 30.3 Å². The molecule has 7 heteroatoms. The molecule has 0 aromatic heterocycles. The lowest BCUT2D eigenvalue weighted by atomic mass is 10.1. The molecule has 1 saturated heterocycles. The van der Waals surface area contributed by atoms with E-state index in [2.05, 4.69) is 24.5 Å². The van der Waals surface area contributed by atoms with Gasteiger partial charge in [0.05, 0.1) is 27.2 Å². The molecule has 1 atom stereocenters. The highest BCUT2D eigenvalue weighted by atomic mass is 35.5. The number of carbonyl (C=O) groups is 2. The number of carbonyl (C=O) groups excluding carboxylic acids is 2. The molecule has 0 aliphatic carbocycles. The number of anilines is 1. The highest BCUT2D eigenvalue weighted by molar-refractivity contribution is 5.94. The van der Waals surface area contributed by atoms with Crippen LogP contribution in [0.3, 0.4) is 0 Å². The second kappa shape index (κ2) is 9.57. The lowest BCUT2D eigenvalue weighted by Crippen LogP contribution is -3.00. The van der Waals surface area contributed by atoms with Gasteiger partial charge in [-0.2, -0.15) is 0 Å². The molecule has 28 heavy (non-hydrogen) atoms. The van der Waals surface area contributed by atoms with Crippen LogP contribution in [0.4, 0.5) is 5.69 Å². The van der Waals surface area contributed by atoms with Gasteiger partial charge in [0.25, 0.3) is 5.91 Å². The van der Waals surface area contributed by atoms with Crippen LogP contribution in [0.1, 0.15) is 5.56 Å². The maximum absolute atomic E-state index is 12.6. The lowest BCUT2D eigenvalue weighted by Gasteiger charge is -2.41. The number of amides is 2. The Hall–Kier alpha value is -2.57. The number of ether oxygens (including phenoxy) is 1. The van der Waals surface area contributed by atoms with Crippen molar-refractivity contribution in [2.75, 3.05) is 45.7 Å². The zero-order chi connectivity index (χ0) is 19.3. The molecule has 0 spiro atoms. The molecular weight excluding hydrogens is 378 g/mol. The van der Waals surface area contributed by atoms with Crippen LogP contribution in [0.2, 0.25) is 0 Å². The van der Waals surface area contributed by atoms with Crippen LogP contribution in [0, 0.1) is 0 Å². The monoisotopic (exact) mass is 403 g/mol. The summed E-state index contributed by atoms with van der Waals surface area (Å²) in [5, 5.41) is 2.83. The summed E-state index contributed by atoms with van der Waals surface area (Å²) in [6.07, 6.45) is 0. The third-order valence-corrected chi connectivity index (χ3v) is 4.89. The summed E-state index contributed by atoms with van der Waals surface area (Å²) in [5.74, 6) is 0.562. The molecule has 0 radical (unpaired) electrons. The molecule has 1 aliphatic heterocycles. The van der Waals surface area contributed by atoms with Gasteiger partial charge in [0.1, 0.15) is 18.8 Å². The van der Waals surface area contributed by atoms with E-state index < -0.39 is 0 Å². The zero-order valence-electron chi connectivity index (χ0n) is 16.2. The Kier molecular flexibility index (Phi) is 7.43. The Morgan fingerprint density at radius 1 is 1.14 bits per heavy atom. The molecule has 0 saturated carbocycles. The molecule has 2 aromatic carbocycles. The van der Waals surface area contributed by atoms with E-state index in [1.807, 2.05) is 18.2 Å². The standard InChI is InChI=1S/C21H25N3O3.ClH/c1-24(15-17-6-4-3-5-7-17)13-12-23(21(26)16-24)14-20(25)22-18-8-10-19(27-2)11-9-18;/h3-11H,12-16H2,1-2H3;1H. The molecule has 1 aliphatic rings. The maximum atomic E-state index is 12.6. The number of methoxy groups -OCH3 is 1. The van der Waals surface area contributed by atoms with E-state index in [4.69, 9.17) is 4.74 Å². The molecule has 1 fully saturated rings. The average Bonchev–Trinajstić information content (AvgIpc) is 2.65. The topological polar surface area (TPSA) is 58.6 Å². The molecule has 2 amide bonds. The summed E-state index contributed by atoms with van der Waals surface area (Å²) in [4.78, 5) is 26.5. The van der Waals surface area contributed by atoms with Crippen molar-refractivity contribution in [1.82, 2.24) is 4.90 Å². The number of likely N-dealkylation sites (N-methyl/N-ethyl adjacent to an activating group) is 1. The van der Waals surface area contributed by atoms with Crippen molar-refractivity contribution in [3.8, 4) is 5.75 Å². The van der Waals surface area contributed by atoms with Crippen molar-refractivity contribution in [2.24, 2.45) is 0 Å². The van der Waals surface area contributed by atoms with E-state index in [1.165, 1.54) is 5.56 Å². The van der Waals surface area contributed by atoms with E-state index in [9.17, 15) is 9.59 Å². The molecule has 1 N–H and O–H groups in total. The Balaban J connectivity index is 0.00000280. The summed E-state index contributed by atoms with van der Waals surface area (Å²) in [5.41, 5.74) is 1.91. The van der Waals surface area contributed by atoms with Crippen molar-refractivity contribution in [3.63, 3.8) is 0 Å². The third-order valence-electron chi connectivity index (χ3n) is 4.89. The quantitative estimate of drug-likeness (QED) is 0.638. The second-order valence-corrected chi connectivity index (χ2v) is 7.24. The van der Waals surface area contributed by atoms with E-state index in [0.717, 1.165) is 18.8 Å². The van der Waals surface area contributed by atoms with Gasteiger partial charge < -0.3 is 31.8 Å². The van der Waals surface area contributed by atoms with Gasteiger partial charge in [-0.05, 0) is 24.3 Å². The maximum Gasteiger partial charge on any atom is 0.278 e. The predicted molar refractivity (Wildman–Crippen MR) is 104 cm³/mol. The fourth-order valence-electron chi connectivity index (χ4n) is 3.37. The molecule has 2 aromatic rings. The first-order chi connectivity index (χ1) is 13.0. The van der Waals surface area contributed by atoms with Crippen LogP contribution >= 0.6 is 0 Å². The predicted octanol–water partition coefficient (Wildman–Crippen LogP) is -0.873. The highest BCUT2D eigenvalue weighted by Crippen LogP contribution is 2.18. The molecule has 150 valence electrons. The van der Waals surface area contributed by atoms with Crippen molar-refractivity contribution in [1.29, 1.82) is 0 Å². The van der Waals surface area contributed by atoms with Crippen LogP contribution in [0.15, 0.2) is 54.6 Å². The third kappa shape index (κ3) is 5.71. The number of hydrogen-bond donors (Lipinski definition) is 1. The summed E-state index contributed by atoms with van der Waals surface area (Å²) in [6, 6.07) is 17.3. The van der Waals surface area contributed by atoms with E-state index >= 15 is 0 Å². The van der Waals surface area contributed by atoms with Gasteiger partial charge in [-0.3, -0.25) is 9.59 Å². The van der Waals surface area contributed by atoms with Crippen molar-refractivity contribution < 1.29 is 31.2 Å². The first kappa shape index (κ1) is 21.7. The SMILES string of the molecule is COc1ccc(NC(=O)CN2CC[N+](C)(Cc3ccccc3)CC2=O)cc1.[Cl-]. The first-order valence-electron chi connectivity index (χ1n) is 9.07. The molecule has 1 unspecified atom stereocenters. The van der Waals surface area contributed by atoms with Crippen LogP contribution < -0.4 is 22.5 Å². The largest absolute Gasteiger partial charge is 1.00 e. The minimum Gasteiger partial charge on any atom is -1.00 e. The van der Waals surface area contributed by atoms with Gasteiger partial charge in [0.2, 0.25) is 5.91 Å². The number of nitrogens with one attached hydrogen (secondary N) is 1. The first-order valence-corrected chi connectivity index (χ1v) is 9.07. The van der Waals surface area contributed by atoms with E-state index in [-0.39, 0.29) is 30.8 Å². The van der Waals surface area contributed by atoms with Gasteiger partial charge in [0.15, 0.2) is 6.54 Å². The number of rotatable bonds is 6. The fraction of sp³-hybridized carbons (Fsp3) is 0.333. The summed E-state index contributed by atoms with van der Waals surface area (Å²) in [6.45, 7) is 2.72. The Morgan fingerprint density at radius 2 is 1.82 bits per heavy atom. The molecule has 3 rings (SSSR count). The zero-order valence-corrected chi connectivity index (χ0v) is 17.0. The molecule has 0 bridgehead atoms. The van der Waals surface area contributed by atoms with Crippen molar-refractivity contribution in [2.45, 2.75) is 6.54 Å². The highest BCUT2D eigenvalue weighted by Gasteiger charge is 2.35. The summed E-state index contributed by atoms with van der Waals surface area (Å²) in [7, 11) is 3.69. The van der Waals surface area contributed by atoms with E-state index in [0.29, 0.717) is 23.3 Å². The van der Waals surface area contributed by atoms with Crippen molar-refractivity contribution in [3.05, 3.63) is 60.2 Å². The van der Waals surface area contributed by atoms with Gasteiger partial charge in [-0.15, -0.1) is 0 Å². The average molecular weight is 404 g/mol. The van der Waals surface area contributed by atoms with Gasteiger partial charge in [0, 0.05) is 11.3 Å². The van der Waals surface area contributed by atoms with Crippen LogP contribution in [-0.4, -0.2) is 61.5 Å². The normalized spacial score (nSPS) is 18.9. The smallest absolute Gasteiger partial charge is 0.278 e.